The van der Waals surface area contributed by atoms with Crippen molar-refractivity contribution in [2.45, 2.75) is 51.2 Å². The predicted molar refractivity (Wildman–Crippen MR) is 80.1 cm³/mol. The summed E-state index contributed by atoms with van der Waals surface area (Å²) in [5.41, 5.74) is 0. The van der Waals surface area contributed by atoms with E-state index in [9.17, 15) is 0 Å². The molecule has 3 rings (SSSR count). The minimum absolute atomic E-state index is 0.412. The summed E-state index contributed by atoms with van der Waals surface area (Å²) in [4.78, 5) is 11.3. The van der Waals surface area contributed by atoms with E-state index >= 15 is 0 Å². The zero-order valence-corrected chi connectivity index (χ0v) is 12.8. The first kappa shape index (κ1) is 14.1. The maximum Gasteiger partial charge on any atom is 0.158 e. The van der Waals surface area contributed by atoms with E-state index in [1.807, 2.05) is 6.07 Å². The van der Waals surface area contributed by atoms with Crippen LogP contribution in [0, 0.1) is 5.92 Å². The van der Waals surface area contributed by atoms with Gasteiger partial charge < -0.3 is 9.64 Å². The zero-order valence-electron chi connectivity index (χ0n) is 12.0. The fourth-order valence-electron chi connectivity index (χ4n) is 3.70. The third kappa shape index (κ3) is 2.91. The Hall–Kier alpha value is -0.870. The van der Waals surface area contributed by atoms with Gasteiger partial charge in [0.15, 0.2) is 5.82 Å². The Morgan fingerprint density at radius 3 is 2.80 bits per heavy atom. The number of hydrogen-bond acceptors (Lipinski definition) is 4. The maximum atomic E-state index is 6.14. The van der Waals surface area contributed by atoms with Crippen LogP contribution in [0.1, 0.15) is 44.3 Å². The summed E-state index contributed by atoms with van der Waals surface area (Å²) in [5, 5.41) is 0.513. The summed E-state index contributed by atoms with van der Waals surface area (Å²) in [7, 11) is 1.65. The lowest BCUT2D eigenvalue weighted by Gasteiger charge is -2.30. The highest BCUT2D eigenvalue weighted by molar-refractivity contribution is 6.29. The van der Waals surface area contributed by atoms with Gasteiger partial charge in [0, 0.05) is 25.8 Å². The van der Waals surface area contributed by atoms with E-state index in [-0.39, 0.29) is 0 Å². The summed E-state index contributed by atoms with van der Waals surface area (Å²) >= 11 is 6.14. The molecule has 0 spiro atoms. The average molecular weight is 296 g/mol. The summed E-state index contributed by atoms with van der Waals surface area (Å²) in [6.45, 7) is 1.50. The van der Waals surface area contributed by atoms with Gasteiger partial charge in [0.05, 0.1) is 0 Å². The molecule has 2 fully saturated rings. The van der Waals surface area contributed by atoms with Crippen molar-refractivity contribution in [3.05, 3.63) is 17.0 Å². The quantitative estimate of drug-likeness (QED) is 0.798. The number of rotatable bonds is 4. The molecule has 5 heteroatoms. The van der Waals surface area contributed by atoms with Gasteiger partial charge in [0.2, 0.25) is 0 Å². The molecule has 1 unspecified atom stereocenters. The van der Waals surface area contributed by atoms with Crippen LogP contribution < -0.4 is 4.90 Å². The van der Waals surface area contributed by atoms with Crippen LogP contribution in [-0.2, 0) is 11.3 Å². The summed E-state index contributed by atoms with van der Waals surface area (Å²) < 4.78 is 5.12. The minimum Gasteiger partial charge on any atom is -0.377 e. The molecule has 1 atom stereocenters. The van der Waals surface area contributed by atoms with E-state index in [1.54, 1.807) is 7.11 Å². The lowest BCUT2D eigenvalue weighted by atomic mass is 9.96. The molecule has 4 nitrogen and oxygen atoms in total. The van der Waals surface area contributed by atoms with Gasteiger partial charge in [-0.2, -0.15) is 0 Å². The molecule has 0 radical (unpaired) electrons. The Morgan fingerprint density at radius 2 is 2.05 bits per heavy atom. The second-order valence-corrected chi connectivity index (χ2v) is 6.23. The molecule has 2 aliphatic rings. The number of methoxy groups -OCH3 is 1. The summed E-state index contributed by atoms with van der Waals surface area (Å²) in [6, 6.07) is 2.53. The van der Waals surface area contributed by atoms with E-state index in [0.29, 0.717) is 23.6 Å². The molecule has 0 amide bonds. The average Bonchev–Trinajstić information content (AvgIpc) is 3.09. The topological polar surface area (TPSA) is 38.2 Å². The van der Waals surface area contributed by atoms with Crippen molar-refractivity contribution in [2.75, 3.05) is 18.6 Å². The molecular formula is C15H22ClN3O. The van der Waals surface area contributed by atoms with Crippen molar-refractivity contribution in [2.24, 2.45) is 5.92 Å². The monoisotopic (exact) mass is 295 g/mol. The van der Waals surface area contributed by atoms with Crippen LogP contribution in [0.5, 0.6) is 0 Å². The Balaban J connectivity index is 1.83. The van der Waals surface area contributed by atoms with Gasteiger partial charge >= 0.3 is 0 Å². The number of nitrogens with zero attached hydrogens (tertiary/aromatic N) is 3. The van der Waals surface area contributed by atoms with Crippen LogP contribution in [0.15, 0.2) is 6.07 Å². The van der Waals surface area contributed by atoms with Gasteiger partial charge in [-0.15, -0.1) is 0 Å². The van der Waals surface area contributed by atoms with Crippen LogP contribution in [-0.4, -0.2) is 29.7 Å². The van der Waals surface area contributed by atoms with E-state index in [4.69, 9.17) is 16.3 Å². The van der Waals surface area contributed by atoms with Crippen molar-refractivity contribution < 1.29 is 4.74 Å². The van der Waals surface area contributed by atoms with Crippen molar-refractivity contribution in [3.8, 4) is 0 Å². The van der Waals surface area contributed by atoms with Gasteiger partial charge in [-0.25, -0.2) is 9.97 Å². The maximum absolute atomic E-state index is 6.14. The first-order valence-electron chi connectivity index (χ1n) is 7.57. The Kier molecular flexibility index (Phi) is 4.41. The summed E-state index contributed by atoms with van der Waals surface area (Å²) in [5.74, 6) is 2.48. The van der Waals surface area contributed by atoms with Gasteiger partial charge in [-0.05, 0) is 31.6 Å². The van der Waals surface area contributed by atoms with Crippen LogP contribution in [0.3, 0.4) is 0 Å². The van der Waals surface area contributed by atoms with E-state index < -0.39 is 0 Å². The molecule has 1 aliphatic heterocycles. The van der Waals surface area contributed by atoms with Crippen molar-refractivity contribution >= 4 is 17.4 Å². The largest absolute Gasteiger partial charge is 0.377 e. The first-order chi connectivity index (χ1) is 9.78. The normalized spacial score (nSPS) is 23.7. The number of ether oxygens (including phenoxy) is 1. The molecule has 1 saturated heterocycles. The zero-order chi connectivity index (χ0) is 13.9. The Bertz CT molecular complexity index is 462. The molecule has 1 aliphatic carbocycles. The predicted octanol–water partition coefficient (Wildman–Crippen LogP) is 3.44. The molecule has 1 saturated carbocycles. The number of halogens is 1. The van der Waals surface area contributed by atoms with Crippen molar-refractivity contribution in [1.29, 1.82) is 0 Å². The number of hydrogen-bond donors (Lipinski definition) is 0. The molecule has 1 aromatic heterocycles. The lowest BCUT2D eigenvalue weighted by Crippen LogP contribution is -2.35. The van der Waals surface area contributed by atoms with Crippen LogP contribution in [0.2, 0.25) is 5.15 Å². The molecule has 110 valence electrons. The van der Waals surface area contributed by atoms with Crippen LogP contribution in [0.4, 0.5) is 5.82 Å². The molecule has 0 aromatic carbocycles. The Morgan fingerprint density at radius 1 is 1.25 bits per heavy atom. The molecule has 0 bridgehead atoms. The van der Waals surface area contributed by atoms with Crippen molar-refractivity contribution in [1.82, 2.24) is 9.97 Å². The van der Waals surface area contributed by atoms with E-state index in [1.165, 1.54) is 38.5 Å². The fraction of sp³-hybridized carbons (Fsp3) is 0.733. The third-order valence-corrected chi connectivity index (χ3v) is 4.73. The second-order valence-electron chi connectivity index (χ2n) is 5.85. The van der Waals surface area contributed by atoms with Gasteiger partial charge in [0.25, 0.3) is 0 Å². The SMILES string of the molecule is COCc1nc(Cl)cc(N2CCCC2C2CCCC2)n1. The molecule has 1 aromatic rings. The van der Waals surface area contributed by atoms with Gasteiger partial charge in [-0.3, -0.25) is 0 Å². The van der Waals surface area contributed by atoms with Crippen molar-refractivity contribution in [3.63, 3.8) is 0 Å². The molecular weight excluding hydrogens is 274 g/mol. The summed E-state index contributed by atoms with van der Waals surface area (Å²) in [6.07, 6.45) is 8.03. The van der Waals surface area contributed by atoms with Crippen LogP contribution >= 0.6 is 11.6 Å². The minimum atomic E-state index is 0.412. The molecule has 0 N–H and O–H groups in total. The number of anilines is 1. The standard InChI is InChI=1S/C15H22ClN3O/c1-20-10-14-17-13(16)9-15(18-14)19-8-4-7-12(19)11-5-2-3-6-11/h9,11-12H,2-8,10H2,1H3. The van der Waals surface area contributed by atoms with Gasteiger partial charge in [0.1, 0.15) is 17.6 Å². The van der Waals surface area contributed by atoms with Gasteiger partial charge in [-0.1, -0.05) is 24.4 Å². The lowest BCUT2D eigenvalue weighted by molar-refractivity contribution is 0.178. The second kappa shape index (κ2) is 6.27. The molecule has 20 heavy (non-hydrogen) atoms. The van der Waals surface area contributed by atoms with E-state index in [2.05, 4.69) is 14.9 Å². The fourth-order valence-corrected chi connectivity index (χ4v) is 3.90. The number of aromatic nitrogens is 2. The highest BCUT2D eigenvalue weighted by atomic mass is 35.5. The van der Waals surface area contributed by atoms with E-state index in [0.717, 1.165) is 18.3 Å². The Labute approximate surface area is 125 Å². The highest BCUT2D eigenvalue weighted by Crippen LogP contribution is 2.37. The first-order valence-corrected chi connectivity index (χ1v) is 7.95. The third-order valence-electron chi connectivity index (χ3n) is 4.54. The molecule has 2 heterocycles. The highest BCUT2D eigenvalue weighted by Gasteiger charge is 2.34. The van der Waals surface area contributed by atoms with Crippen LogP contribution in [0.25, 0.3) is 0 Å². The smallest absolute Gasteiger partial charge is 0.158 e.